The molecular formula is C28H36N5+. The zero-order valence-corrected chi connectivity index (χ0v) is 20.2. The first kappa shape index (κ1) is 23.1. The number of aromatic amines is 1. The maximum atomic E-state index is 9.19. The number of nitrogens with one attached hydrogen (secondary N) is 1. The third-order valence-electron chi connectivity index (χ3n) is 7.56. The second-order valence-electron chi connectivity index (χ2n) is 9.48. The lowest BCUT2D eigenvalue weighted by molar-refractivity contribution is -0.958. The SMILES string of the molecule is CCCC[N+]1(C(Cc2ccc(C#N)cc2)c2cnc[nH]2)CCN(c2cccc(C)c2C)CC1. The lowest BCUT2D eigenvalue weighted by Crippen LogP contribution is -2.62. The normalized spacial score (nSPS) is 16.4. The molecule has 1 aliphatic heterocycles. The van der Waals surface area contributed by atoms with Crippen molar-refractivity contribution in [3.05, 3.63) is 82.9 Å². The largest absolute Gasteiger partial charge is 0.360 e. The van der Waals surface area contributed by atoms with E-state index < -0.39 is 0 Å². The Balaban J connectivity index is 1.63. The van der Waals surface area contributed by atoms with Crippen molar-refractivity contribution >= 4 is 5.69 Å². The Hall–Kier alpha value is -3.10. The number of imidazole rings is 1. The summed E-state index contributed by atoms with van der Waals surface area (Å²) < 4.78 is 1.08. The number of unbranched alkanes of at least 4 members (excludes halogenated alkanes) is 1. The fourth-order valence-corrected chi connectivity index (χ4v) is 5.33. The number of hydrogen-bond acceptors (Lipinski definition) is 3. The average molecular weight is 443 g/mol. The topological polar surface area (TPSA) is 55.7 Å². The molecule has 0 spiro atoms. The summed E-state index contributed by atoms with van der Waals surface area (Å²) in [6.45, 7) is 12.3. The number of aryl methyl sites for hydroxylation is 1. The van der Waals surface area contributed by atoms with Crippen molar-refractivity contribution in [3.63, 3.8) is 0 Å². The zero-order valence-electron chi connectivity index (χ0n) is 20.2. The van der Waals surface area contributed by atoms with E-state index in [1.165, 1.54) is 47.5 Å². The van der Waals surface area contributed by atoms with Gasteiger partial charge in [0.25, 0.3) is 0 Å². The average Bonchev–Trinajstić information content (AvgIpc) is 3.38. The van der Waals surface area contributed by atoms with E-state index in [0.717, 1.165) is 37.1 Å². The fourth-order valence-electron chi connectivity index (χ4n) is 5.33. The highest BCUT2D eigenvalue weighted by atomic mass is 15.4. The van der Waals surface area contributed by atoms with E-state index >= 15 is 0 Å². The molecule has 0 saturated carbocycles. The summed E-state index contributed by atoms with van der Waals surface area (Å²) in [4.78, 5) is 10.4. The molecule has 5 nitrogen and oxygen atoms in total. The van der Waals surface area contributed by atoms with Gasteiger partial charge >= 0.3 is 0 Å². The molecule has 0 radical (unpaired) electrons. The van der Waals surface area contributed by atoms with Gasteiger partial charge in [-0.3, -0.25) is 0 Å². The Labute approximate surface area is 198 Å². The molecule has 1 aromatic heterocycles. The number of nitrogens with zero attached hydrogens (tertiary/aromatic N) is 4. The Kier molecular flexibility index (Phi) is 7.15. The van der Waals surface area contributed by atoms with Crippen molar-refractivity contribution in [2.75, 3.05) is 37.6 Å². The van der Waals surface area contributed by atoms with Gasteiger partial charge in [0.1, 0.15) is 6.04 Å². The van der Waals surface area contributed by atoms with Crippen molar-refractivity contribution < 1.29 is 4.48 Å². The molecule has 5 heteroatoms. The minimum atomic E-state index is 0.327. The third-order valence-corrected chi connectivity index (χ3v) is 7.56. The number of piperazine rings is 1. The number of rotatable bonds is 8. The van der Waals surface area contributed by atoms with Crippen LogP contribution in [0, 0.1) is 25.2 Å². The summed E-state index contributed by atoms with van der Waals surface area (Å²) in [6.07, 6.45) is 7.19. The van der Waals surface area contributed by atoms with Crippen LogP contribution in [0.2, 0.25) is 0 Å². The molecule has 1 unspecified atom stereocenters. The molecular weight excluding hydrogens is 406 g/mol. The first-order chi connectivity index (χ1) is 16.1. The highest BCUT2D eigenvalue weighted by Crippen LogP contribution is 2.35. The van der Waals surface area contributed by atoms with Crippen LogP contribution in [0.15, 0.2) is 55.0 Å². The third kappa shape index (κ3) is 4.96. The van der Waals surface area contributed by atoms with Crippen LogP contribution in [0.3, 0.4) is 0 Å². The summed E-state index contributed by atoms with van der Waals surface area (Å²) in [5, 5.41) is 9.19. The Bertz CT molecular complexity index is 1070. The standard InChI is InChI=1S/C28H36N5/c1-4-5-15-33(16-13-32(14-17-33)27-8-6-7-22(2)23(27)3)28(26-20-30-21-31-26)18-24-9-11-25(19-29)12-10-24/h6-12,20-21,28H,4-5,13-18H2,1-3H3,(H,30,31)/q+1. The molecule has 1 N–H and O–H groups in total. The van der Waals surface area contributed by atoms with Crippen molar-refractivity contribution in [1.82, 2.24) is 9.97 Å². The molecule has 0 aliphatic carbocycles. The number of nitriles is 1. The Morgan fingerprint density at radius 2 is 1.88 bits per heavy atom. The van der Waals surface area contributed by atoms with Crippen LogP contribution >= 0.6 is 0 Å². The number of hydrogen-bond donors (Lipinski definition) is 1. The van der Waals surface area contributed by atoms with E-state index in [2.05, 4.69) is 72.0 Å². The number of H-pyrrole nitrogens is 1. The number of aromatic nitrogens is 2. The summed E-state index contributed by atoms with van der Waals surface area (Å²) in [5.74, 6) is 0. The van der Waals surface area contributed by atoms with Crippen molar-refractivity contribution in [2.24, 2.45) is 0 Å². The molecule has 172 valence electrons. The van der Waals surface area contributed by atoms with Gasteiger partial charge in [-0.25, -0.2) is 4.98 Å². The monoisotopic (exact) mass is 442 g/mol. The Morgan fingerprint density at radius 3 is 2.52 bits per heavy atom. The quantitative estimate of drug-likeness (QED) is 0.481. The second kappa shape index (κ2) is 10.2. The van der Waals surface area contributed by atoms with Crippen LogP contribution in [0.5, 0.6) is 0 Å². The summed E-state index contributed by atoms with van der Waals surface area (Å²) in [6, 6.07) is 17.3. The maximum Gasteiger partial charge on any atom is 0.135 e. The van der Waals surface area contributed by atoms with E-state index in [9.17, 15) is 5.26 Å². The van der Waals surface area contributed by atoms with Gasteiger partial charge < -0.3 is 14.4 Å². The molecule has 2 heterocycles. The highest BCUT2D eigenvalue weighted by Gasteiger charge is 2.41. The Morgan fingerprint density at radius 1 is 1.12 bits per heavy atom. The van der Waals surface area contributed by atoms with Gasteiger partial charge in [-0.15, -0.1) is 0 Å². The van der Waals surface area contributed by atoms with E-state index in [1.807, 2.05) is 24.7 Å². The summed E-state index contributed by atoms with van der Waals surface area (Å²) in [7, 11) is 0. The van der Waals surface area contributed by atoms with Crippen LogP contribution in [0.1, 0.15) is 53.8 Å². The number of quaternary nitrogens is 1. The molecule has 33 heavy (non-hydrogen) atoms. The van der Waals surface area contributed by atoms with Crippen LogP contribution in [-0.2, 0) is 6.42 Å². The van der Waals surface area contributed by atoms with E-state index in [-0.39, 0.29) is 0 Å². The van der Waals surface area contributed by atoms with Crippen LogP contribution in [0.4, 0.5) is 5.69 Å². The fraction of sp³-hybridized carbons (Fsp3) is 0.429. The predicted molar refractivity (Wildman–Crippen MR) is 134 cm³/mol. The van der Waals surface area contributed by atoms with E-state index in [4.69, 9.17) is 0 Å². The molecule has 4 rings (SSSR count). The molecule has 1 aliphatic rings. The van der Waals surface area contributed by atoms with Crippen molar-refractivity contribution in [1.29, 1.82) is 5.26 Å². The van der Waals surface area contributed by atoms with Gasteiger partial charge in [-0.2, -0.15) is 5.26 Å². The van der Waals surface area contributed by atoms with Gasteiger partial charge in [0.15, 0.2) is 0 Å². The van der Waals surface area contributed by atoms with Gasteiger partial charge in [0.05, 0.1) is 62.6 Å². The van der Waals surface area contributed by atoms with Gasteiger partial charge in [-0.1, -0.05) is 37.6 Å². The molecule has 0 bridgehead atoms. The summed E-state index contributed by atoms with van der Waals surface area (Å²) >= 11 is 0. The van der Waals surface area contributed by atoms with Gasteiger partial charge in [0.2, 0.25) is 0 Å². The van der Waals surface area contributed by atoms with Crippen molar-refractivity contribution in [3.8, 4) is 6.07 Å². The maximum absolute atomic E-state index is 9.19. The van der Waals surface area contributed by atoms with Crippen LogP contribution in [0.25, 0.3) is 0 Å². The molecule has 0 amide bonds. The first-order valence-electron chi connectivity index (χ1n) is 12.2. The van der Waals surface area contributed by atoms with Crippen LogP contribution in [-0.4, -0.2) is 47.2 Å². The molecule has 1 saturated heterocycles. The van der Waals surface area contributed by atoms with E-state index in [0.29, 0.717) is 11.6 Å². The lowest BCUT2D eigenvalue weighted by Gasteiger charge is -2.50. The zero-order chi connectivity index (χ0) is 23.3. The number of anilines is 1. The van der Waals surface area contributed by atoms with Crippen LogP contribution < -0.4 is 4.90 Å². The smallest absolute Gasteiger partial charge is 0.135 e. The summed E-state index contributed by atoms with van der Waals surface area (Å²) in [5.41, 5.74) is 7.35. The first-order valence-corrected chi connectivity index (χ1v) is 12.2. The molecule has 1 fully saturated rings. The molecule has 2 aromatic carbocycles. The molecule has 1 atom stereocenters. The van der Waals surface area contributed by atoms with Crippen molar-refractivity contribution in [2.45, 2.75) is 46.1 Å². The number of benzene rings is 2. The van der Waals surface area contributed by atoms with Gasteiger partial charge in [0, 0.05) is 12.1 Å². The second-order valence-corrected chi connectivity index (χ2v) is 9.48. The lowest BCUT2D eigenvalue weighted by atomic mass is 9.96. The van der Waals surface area contributed by atoms with Gasteiger partial charge in [-0.05, 0) is 55.2 Å². The minimum Gasteiger partial charge on any atom is -0.360 e. The minimum absolute atomic E-state index is 0.327. The molecule has 3 aromatic rings. The predicted octanol–water partition coefficient (Wildman–Crippen LogP) is 5.32. The van der Waals surface area contributed by atoms with E-state index in [1.54, 1.807) is 0 Å². The highest BCUT2D eigenvalue weighted by molar-refractivity contribution is 5.56.